The lowest BCUT2D eigenvalue weighted by Gasteiger charge is -2.35. The maximum absolute atomic E-state index is 3.79. The van der Waals surface area contributed by atoms with Crippen molar-refractivity contribution in [1.82, 2.24) is 10.2 Å². The summed E-state index contributed by atoms with van der Waals surface area (Å²) >= 11 is 0. The third-order valence-corrected chi connectivity index (χ3v) is 3.85. The Bertz CT molecular complexity index is 369. The minimum atomic E-state index is 0.714. The third-order valence-electron chi connectivity index (χ3n) is 3.85. The van der Waals surface area contributed by atoms with E-state index < -0.39 is 0 Å². The fraction of sp³-hybridized carbons (Fsp3) is 0.500. The molecule has 2 nitrogen and oxygen atoms in total. The van der Waals surface area contributed by atoms with E-state index in [4.69, 9.17) is 0 Å². The lowest BCUT2D eigenvalue weighted by atomic mass is 10.1. The Labute approximate surface area is 111 Å². The van der Waals surface area contributed by atoms with Gasteiger partial charge in [-0.2, -0.15) is 0 Å². The second-order valence-corrected chi connectivity index (χ2v) is 5.00. The number of benzene rings is 1. The van der Waals surface area contributed by atoms with Crippen molar-refractivity contribution >= 4 is 6.08 Å². The predicted octanol–water partition coefficient (Wildman–Crippen LogP) is 2.56. The second-order valence-electron chi connectivity index (χ2n) is 5.00. The van der Waals surface area contributed by atoms with E-state index >= 15 is 0 Å². The molecule has 1 aromatic carbocycles. The first-order valence-corrected chi connectivity index (χ1v) is 6.99. The van der Waals surface area contributed by atoms with Gasteiger partial charge in [0.25, 0.3) is 0 Å². The SMILES string of the molecule is C=Cc1ccc(CCN2CCNCC2CC)cc1. The van der Waals surface area contributed by atoms with Crippen LogP contribution in [0, 0.1) is 0 Å². The van der Waals surface area contributed by atoms with E-state index in [1.807, 2.05) is 6.08 Å². The Kier molecular flexibility index (Phi) is 4.97. The molecule has 98 valence electrons. The molecule has 1 heterocycles. The van der Waals surface area contributed by atoms with Gasteiger partial charge >= 0.3 is 0 Å². The maximum atomic E-state index is 3.79. The van der Waals surface area contributed by atoms with Crippen LogP contribution < -0.4 is 5.32 Å². The Morgan fingerprint density at radius 1 is 1.39 bits per heavy atom. The Morgan fingerprint density at radius 3 is 2.83 bits per heavy atom. The van der Waals surface area contributed by atoms with E-state index in [0.29, 0.717) is 6.04 Å². The summed E-state index contributed by atoms with van der Waals surface area (Å²) in [6, 6.07) is 9.46. The summed E-state index contributed by atoms with van der Waals surface area (Å²) in [4.78, 5) is 2.62. The molecule has 1 fully saturated rings. The van der Waals surface area contributed by atoms with E-state index in [2.05, 4.69) is 48.0 Å². The van der Waals surface area contributed by atoms with Gasteiger partial charge in [-0.3, -0.25) is 4.90 Å². The normalized spacial score (nSPS) is 20.8. The molecule has 1 atom stereocenters. The van der Waals surface area contributed by atoms with Crippen molar-refractivity contribution in [2.24, 2.45) is 0 Å². The third kappa shape index (κ3) is 3.44. The highest BCUT2D eigenvalue weighted by Gasteiger charge is 2.19. The van der Waals surface area contributed by atoms with Crippen LogP contribution in [0.3, 0.4) is 0 Å². The molecule has 0 radical (unpaired) electrons. The number of nitrogens with one attached hydrogen (secondary N) is 1. The van der Waals surface area contributed by atoms with Crippen LogP contribution in [0.1, 0.15) is 24.5 Å². The lowest BCUT2D eigenvalue weighted by molar-refractivity contribution is 0.159. The smallest absolute Gasteiger partial charge is 0.0218 e. The van der Waals surface area contributed by atoms with Crippen molar-refractivity contribution in [2.45, 2.75) is 25.8 Å². The van der Waals surface area contributed by atoms with E-state index in [0.717, 1.165) is 19.5 Å². The van der Waals surface area contributed by atoms with E-state index in [-0.39, 0.29) is 0 Å². The number of piperazine rings is 1. The summed E-state index contributed by atoms with van der Waals surface area (Å²) in [7, 11) is 0. The zero-order valence-corrected chi connectivity index (χ0v) is 11.4. The van der Waals surface area contributed by atoms with Gasteiger partial charge in [-0.25, -0.2) is 0 Å². The predicted molar refractivity (Wildman–Crippen MR) is 78.8 cm³/mol. The molecule has 0 spiro atoms. The summed E-state index contributed by atoms with van der Waals surface area (Å²) in [5.74, 6) is 0. The minimum absolute atomic E-state index is 0.714. The summed E-state index contributed by atoms with van der Waals surface area (Å²) in [6.45, 7) is 10.7. The monoisotopic (exact) mass is 244 g/mol. The van der Waals surface area contributed by atoms with Crippen molar-refractivity contribution < 1.29 is 0 Å². The number of hydrogen-bond acceptors (Lipinski definition) is 2. The molecular formula is C16H24N2. The highest BCUT2D eigenvalue weighted by atomic mass is 15.2. The lowest BCUT2D eigenvalue weighted by Crippen LogP contribution is -2.51. The summed E-state index contributed by atoms with van der Waals surface area (Å²) in [5.41, 5.74) is 2.63. The number of hydrogen-bond donors (Lipinski definition) is 1. The first-order valence-electron chi connectivity index (χ1n) is 6.99. The summed E-state index contributed by atoms with van der Waals surface area (Å²) < 4.78 is 0. The molecule has 18 heavy (non-hydrogen) atoms. The van der Waals surface area contributed by atoms with E-state index in [1.165, 1.54) is 30.6 Å². The second kappa shape index (κ2) is 6.72. The van der Waals surface area contributed by atoms with Gasteiger partial charge in [0.05, 0.1) is 0 Å². The molecule has 0 aliphatic carbocycles. The summed E-state index contributed by atoms with van der Waals surface area (Å²) in [5, 5.41) is 3.48. The summed E-state index contributed by atoms with van der Waals surface area (Å²) in [6.07, 6.45) is 4.28. The highest BCUT2D eigenvalue weighted by Crippen LogP contribution is 2.10. The average Bonchev–Trinajstić information content (AvgIpc) is 2.46. The molecule has 2 heteroatoms. The molecule has 1 aromatic rings. The van der Waals surface area contributed by atoms with Crippen LogP contribution in [0.25, 0.3) is 6.08 Å². The molecule has 0 aromatic heterocycles. The fourth-order valence-corrected chi connectivity index (χ4v) is 2.59. The van der Waals surface area contributed by atoms with Gasteiger partial charge in [0.2, 0.25) is 0 Å². The first-order chi connectivity index (χ1) is 8.83. The minimum Gasteiger partial charge on any atom is -0.314 e. The van der Waals surface area contributed by atoms with Crippen LogP contribution in [-0.2, 0) is 6.42 Å². The maximum Gasteiger partial charge on any atom is 0.0218 e. The van der Waals surface area contributed by atoms with Crippen LogP contribution in [0.15, 0.2) is 30.8 Å². The molecule has 0 saturated carbocycles. The highest BCUT2D eigenvalue weighted by molar-refractivity contribution is 5.47. The number of nitrogens with zero attached hydrogens (tertiary/aromatic N) is 1. The molecule has 0 bridgehead atoms. The molecule has 1 aliphatic heterocycles. The van der Waals surface area contributed by atoms with Gasteiger partial charge in [0, 0.05) is 32.2 Å². The molecular weight excluding hydrogens is 220 g/mol. The topological polar surface area (TPSA) is 15.3 Å². The Hall–Kier alpha value is -1.12. The Balaban J connectivity index is 1.87. The van der Waals surface area contributed by atoms with Gasteiger partial charge in [-0.15, -0.1) is 0 Å². The Morgan fingerprint density at radius 2 is 2.17 bits per heavy atom. The fourth-order valence-electron chi connectivity index (χ4n) is 2.59. The zero-order valence-electron chi connectivity index (χ0n) is 11.4. The van der Waals surface area contributed by atoms with Gasteiger partial charge < -0.3 is 5.32 Å². The van der Waals surface area contributed by atoms with Crippen LogP contribution >= 0.6 is 0 Å². The standard InChI is InChI=1S/C16H24N2/c1-3-14-5-7-15(8-6-14)9-11-18-12-10-17-13-16(18)4-2/h3,5-8,16-17H,1,4,9-13H2,2H3. The van der Waals surface area contributed by atoms with E-state index in [1.54, 1.807) is 0 Å². The van der Waals surface area contributed by atoms with Gasteiger partial charge in [-0.1, -0.05) is 43.8 Å². The molecule has 0 amide bonds. The van der Waals surface area contributed by atoms with Crippen LogP contribution in [0.2, 0.25) is 0 Å². The van der Waals surface area contributed by atoms with Crippen LogP contribution in [-0.4, -0.2) is 37.1 Å². The van der Waals surface area contributed by atoms with Crippen LogP contribution in [0.5, 0.6) is 0 Å². The molecule has 1 N–H and O–H groups in total. The van der Waals surface area contributed by atoms with Crippen LogP contribution in [0.4, 0.5) is 0 Å². The molecule has 1 unspecified atom stereocenters. The van der Waals surface area contributed by atoms with Gasteiger partial charge in [0.1, 0.15) is 0 Å². The first kappa shape index (κ1) is 13.3. The largest absolute Gasteiger partial charge is 0.314 e. The molecule has 1 aliphatic rings. The zero-order chi connectivity index (χ0) is 12.8. The van der Waals surface area contributed by atoms with Crippen molar-refractivity contribution in [3.8, 4) is 0 Å². The average molecular weight is 244 g/mol. The van der Waals surface area contributed by atoms with Crippen molar-refractivity contribution in [2.75, 3.05) is 26.2 Å². The van der Waals surface area contributed by atoms with Gasteiger partial charge in [0.15, 0.2) is 0 Å². The van der Waals surface area contributed by atoms with Crippen molar-refractivity contribution in [3.63, 3.8) is 0 Å². The quantitative estimate of drug-likeness (QED) is 0.856. The van der Waals surface area contributed by atoms with E-state index in [9.17, 15) is 0 Å². The van der Waals surface area contributed by atoms with Crippen molar-refractivity contribution in [1.29, 1.82) is 0 Å². The molecule has 2 rings (SSSR count). The van der Waals surface area contributed by atoms with Crippen molar-refractivity contribution in [3.05, 3.63) is 42.0 Å². The molecule has 1 saturated heterocycles. The number of rotatable bonds is 5. The van der Waals surface area contributed by atoms with Gasteiger partial charge in [-0.05, 0) is 24.0 Å².